The minimum Gasteiger partial charge on any atom is -0.491 e. The van der Waals surface area contributed by atoms with Crippen molar-refractivity contribution in [3.8, 4) is 11.6 Å². The smallest absolute Gasteiger partial charge is 0.286 e. The second-order valence-corrected chi connectivity index (χ2v) is 15.9. The number of benzene rings is 2. The number of carbonyl (C=O) groups is 2. The van der Waals surface area contributed by atoms with Crippen LogP contribution < -0.4 is 19.1 Å². The standard InChI is InChI=1S/C38H48ClN5O6S/c1-6-10-25(3)24-51(48,42-37(47)32-23-43(4)40-38(32)49-5)41-36(46)27-14-17-35-33(20-27)44(22-29-13-16-31(29)34(45)7-2)21-28-12-15-30(39)19-26(28)11-8-9-18-50-35/h6-7,12,14-15,17,19-20,23,25,29,31,34,45H,1-2,8-11,13,16,18,21-22,24H2,3-5H3,(H,41,42,46,47,48)/t25-,29-,31+,34-,51?/m0/s1. The number of hydrogen-bond acceptors (Lipinski definition) is 8. The van der Waals surface area contributed by atoms with Gasteiger partial charge < -0.3 is 19.5 Å². The van der Waals surface area contributed by atoms with Crippen molar-refractivity contribution < 1.29 is 28.4 Å². The molecule has 1 unspecified atom stereocenters. The number of ether oxygens (including phenoxy) is 2. The number of aromatic nitrogens is 2. The molecule has 1 aromatic heterocycles. The average molecular weight is 738 g/mol. The van der Waals surface area contributed by atoms with Crippen LogP contribution in [0.3, 0.4) is 0 Å². The lowest BCUT2D eigenvalue weighted by molar-refractivity contribution is 0.0464. The van der Waals surface area contributed by atoms with Gasteiger partial charge in [0.05, 0.1) is 31.3 Å². The molecule has 2 N–H and O–H groups in total. The van der Waals surface area contributed by atoms with E-state index in [0.29, 0.717) is 42.6 Å². The molecule has 2 aromatic carbocycles. The molecule has 2 aliphatic rings. The number of aliphatic hydroxyl groups excluding tert-OH is 1. The number of hydrogen-bond donors (Lipinski definition) is 2. The molecule has 2 amide bonds. The fourth-order valence-electron chi connectivity index (χ4n) is 6.78. The third-order valence-electron chi connectivity index (χ3n) is 9.58. The largest absolute Gasteiger partial charge is 0.491 e. The van der Waals surface area contributed by atoms with E-state index in [2.05, 4.69) is 32.2 Å². The molecule has 0 bridgehead atoms. The summed E-state index contributed by atoms with van der Waals surface area (Å²) in [6.45, 7) is 11.0. The maximum atomic E-state index is 14.4. The molecule has 0 saturated heterocycles. The van der Waals surface area contributed by atoms with Crippen molar-refractivity contribution in [3.63, 3.8) is 0 Å². The highest BCUT2D eigenvalue weighted by atomic mass is 35.5. The van der Waals surface area contributed by atoms with Crippen molar-refractivity contribution in [2.24, 2.45) is 29.2 Å². The van der Waals surface area contributed by atoms with Gasteiger partial charge in [0.2, 0.25) is 5.88 Å². The summed E-state index contributed by atoms with van der Waals surface area (Å²) in [7, 11) is -0.601. The monoisotopic (exact) mass is 737 g/mol. The van der Waals surface area contributed by atoms with Gasteiger partial charge in [-0.2, -0.15) is 0 Å². The highest BCUT2D eigenvalue weighted by molar-refractivity contribution is 7.92. The number of fused-ring (bicyclic) bond motifs is 2. The Bertz CT molecular complexity index is 1890. The molecule has 13 heteroatoms. The second-order valence-electron chi connectivity index (χ2n) is 13.5. The molecule has 11 nitrogen and oxygen atoms in total. The van der Waals surface area contributed by atoms with Gasteiger partial charge in [0, 0.05) is 36.9 Å². The van der Waals surface area contributed by atoms with Crippen LogP contribution in [0.5, 0.6) is 11.6 Å². The number of aryl methyl sites for hydroxylation is 2. The molecule has 0 radical (unpaired) electrons. The Balaban J connectivity index is 1.55. The van der Waals surface area contributed by atoms with E-state index in [1.165, 1.54) is 18.0 Å². The summed E-state index contributed by atoms with van der Waals surface area (Å²) in [4.78, 5) is 29.6. The number of amides is 2. The lowest BCUT2D eigenvalue weighted by atomic mass is 9.70. The zero-order chi connectivity index (χ0) is 36.7. The lowest BCUT2D eigenvalue weighted by Crippen LogP contribution is -2.42. The SMILES string of the molecule is C=CC[C@H](C)CS(=O)(=NC(=O)c1ccc2c(c1)N(C[C@@H]1CC[C@H]1[C@@H](O)C=C)Cc1ccc(Cl)cc1CCCCO2)NC(=O)c1cn(C)nc1OC. The van der Waals surface area contributed by atoms with Crippen LogP contribution in [0.4, 0.5) is 5.69 Å². The number of carbonyl (C=O) groups excluding carboxylic acids is 2. The van der Waals surface area contributed by atoms with Gasteiger partial charge in [-0.15, -0.1) is 22.6 Å². The Hall–Kier alpha value is -4.13. The maximum Gasteiger partial charge on any atom is 0.286 e. The first-order valence-corrected chi connectivity index (χ1v) is 19.4. The van der Waals surface area contributed by atoms with E-state index >= 15 is 0 Å². The number of anilines is 1. The fourth-order valence-corrected chi connectivity index (χ4v) is 8.86. The van der Waals surface area contributed by atoms with Gasteiger partial charge >= 0.3 is 0 Å². The molecule has 5 atom stereocenters. The molecule has 274 valence electrons. The predicted molar refractivity (Wildman–Crippen MR) is 201 cm³/mol. The van der Waals surface area contributed by atoms with Crippen molar-refractivity contribution in [3.05, 3.63) is 95.2 Å². The van der Waals surface area contributed by atoms with Crippen molar-refractivity contribution in [1.29, 1.82) is 0 Å². The molecule has 1 aliphatic carbocycles. The number of rotatable bonds is 12. The average Bonchev–Trinajstić information content (AvgIpc) is 3.46. The van der Waals surface area contributed by atoms with Crippen molar-refractivity contribution in [2.75, 3.05) is 30.9 Å². The van der Waals surface area contributed by atoms with Gasteiger partial charge in [0.15, 0.2) is 0 Å². The van der Waals surface area contributed by atoms with E-state index in [0.717, 1.165) is 43.2 Å². The number of allylic oxidation sites excluding steroid dienone is 1. The van der Waals surface area contributed by atoms with Crippen LogP contribution in [0.15, 0.2) is 72.3 Å². The normalized spacial score (nSPS) is 19.7. The van der Waals surface area contributed by atoms with Crippen molar-refractivity contribution >= 4 is 39.0 Å². The first-order chi connectivity index (χ1) is 24.4. The van der Waals surface area contributed by atoms with E-state index in [1.54, 1.807) is 37.4 Å². The van der Waals surface area contributed by atoms with Gasteiger partial charge in [-0.05, 0) is 97.7 Å². The first kappa shape index (κ1) is 38.1. The Morgan fingerprint density at radius 2 is 2.02 bits per heavy atom. The third-order valence-corrected chi connectivity index (χ3v) is 11.8. The zero-order valence-electron chi connectivity index (χ0n) is 29.6. The van der Waals surface area contributed by atoms with Crippen LogP contribution in [0.25, 0.3) is 0 Å². The van der Waals surface area contributed by atoms with Crippen LogP contribution in [0, 0.1) is 17.8 Å². The Morgan fingerprint density at radius 1 is 1.22 bits per heavy atom. The number of halogens is 1. The molecule has 3 aromatic rings. The summed E-state index contributed by atoms with van der Waals surface area (Å²) in [5, 5.41) is 15.5. The number of aliphatic hydroxyl groups is 1. The molecule has 1 aliphatic heterocycles. The summed E-state index contributed by atoms with van der Waals surface area (Å²) < 4.78 is 34.1. The highest BCUT2D eigenvalue weighted by Gasteiger charge is 2.37. The van der Waals surface area contributed by atoms with E-state index < -0.39 is 27.8 Å². The minimum atomic E-state index is -3.62. The summed E-state index contributed by atoms with van der Waals surface area (Å²) in [6, 6.07) is 11.0. The van der Waals surface area contributed by atoms with Crippen molar-refractivity contribution in [2.45, 2.75) is 58.1 Å². The van der Waals surface area contributed by atoms with Gasteiger partial charge in [-0.25, -0.2) is 4.21 Å². The summed E-state index contributed by atoms with van der Waals surface area (Å²) in [6.07, 6.45) is 9.06. The zero-order valence-corrected chi connectivity index (χ0v) is 31.1. The topological polar surface area (TPSA) is 135 Å². The lowest BCUT2D eigenvalue weighted by Gasteiger charge is -2.42. The summed E-state index contributed by atoms with van der Waals surface area (Å²) in [5.41, 5.74) is 3.22. The Labute approximate surface area is 306 Å². The highest BCUT2D eigenvalue weighted by Crippen LogP contribution is 2.41. The van der Waals surface area contributed by atoms with Crippen molar-refractivity contribution in [1.82, 2.24) is 14.5 Å². The van der Waals surface area contributed by atoms with E-state index in [9.17, 15) is 18.9 Å². The van der Waals surface area contributed by atoms with Crippen LogP contribution in [0.1, 0.15) is 70.9 Å². The maximum absolute atomic E-state index is 14.4. The molecular weight excluding hydrogens is 690 g/mol. The Morgan fingerprint density at radius 3 is 2.73 bits per heavy atom. The van der Waals surface area contributed by atoms with Gasteiger partial charge in [0.25, 0.3) is 11.8 Å². The minimum absolute atomic E-state index is 0.0599. The Kier molecular flexibility index (Phi) is 12.6. The van der Waals surface area contributed by atoms with Gasteiger partial charge in [-0.3, -0.25) is 19.0 Å². The first-order valence-electron chi connectivity index (χ1n) is 17.3. The van der Waals surface area contributed by atoms with Crippen LogP contribution in [0.2, 0.25) is 5.02 Å². The molecule has 51 heavy (non-hydrogen) atoms. The molecule has 5 rings (SSSR count). The molecule has 1 fully saturated rings. The van der Waals surface area contributed by atoms with Crippen LogP contribution in [-0.4, -0.2) is 63.0 Å². The van der Waals surface area contributed by atoms with E-state index in [4.69, 9.17) is 21.1 Å². The molecule has 0 spiro atoms. The van der Waals surface area contributed by atoms with E-state index in [-0.39, 0.29) is 40.5 Å². The molecule has 2 heterocycles. The third kappa shape index (κ3) is 9.41. The molecular formula is C38H48ClN5O6S. The van der Waals surface area contributed by atoms with Gasteiger partial charge in [-0.1, -0.05) is 36.7 Å². The number of nitrogens with zero attached hydrogens (tertiary/aromatic N) is 4. The van der Waals surface area contributed by atoms with Gasteiger partial charge in [0.1, 0.15) is 21.2 Å². The summed E-state index contributed by atoms with van der Waals surface area (Å²) >= 11 is 6.43. The predicted octanol–water partition coefficient (Wildman–Crippen LogP) is 6.54. The number of methoxy groups -OCH3 is 1. The summed E-state index contributed by atoms with van der Waals surface area (Å²) in [5.74, 6) is -0.812. The molecule has 1 saturated carbocycles. The van der Waals surface area contributed by atoms with Crippen LogP contribution in [-0.2, 0) is 29.9 Å². The van der Waals surface area contributed by atoms with Crippen LogP contribution >= 0.6 is 11.6 Å². The van der Waals surface area contributed by atoms with E-state index in [1.807, 2.05) is 25.1 Å². The second kappa shape index (κ2) is 16.9. The fraction of sp³-hybridized carbons (Fsp3) is 0.447. The number of nitrogens with one attached hydrogen (secondary N) is 1. The quantitative estimate of drug-likeness (QED) is 0.200.